The second-order valence-corrected chi connectivity index (χ2v) is 11.0. The Morgan fingerprint density at radius 2 is 1.87 bits per heavy atom. The van der Waals surface area contributed by atoms with Crippen LogP contribution in [0.2, 0.25) is 0 Å². The fourth-order valence-corrected chi connectivity index (χ4v) is 6.88. The number of carbonyl (C=O) groups is 1. The number of hydrogen-bond acceptors (Lipinski definition) is 4. The lowest BCUT2D eigenvalue weighted by molar-refractivity contribution is -0.124. The zero-order valence-corrected chi connectivity index (χ0v) is 19.4. The zero-order chi connectivity index (χ0) is 21.4. The van der Waals surface area contributed by atoms with Crippen molar-refractivity contribution in [2.45, 2.75) is 114 Å². The van der Waals surface area contributed by atoms with E-state index in [-0.39, 0.29) is 30.0 Å². The van der Waals surface area contributed by atoms with Crippen molar-refractivity contribution in [1.29, 1.82) is 0 Å². The summed E-state index contributed by atoms with van der Waals surface area (Å²) < 4.78 is 14.4. The number of halogens is 1. The van der Waals surface area contributed by atoms with E-state index in [0.717, 1.165) is 19.3 Å². The van der Waals surface area contributed by atoms with E-state index < -0.39 is 6.17 Å². The third-order valence-electron chi connectivity index (χ3n) is 8.75. The first-order valence-corrected chi connectivity index (χ1v) is 12.5. The summed E-state index contributed by atoms with van der Waals surface area (Å²) in [6.07, 6.45) is 8.54. The maximum absolute atomic E-state index is 14.4. The molecule has 2 heterocycles. The second-order valence-electron chi connectivity index (χ2n) is 11.0. The Kier molecular flexibility index (Phi) is 7.05. The average molecular weight is 423 g/mol. The van der Waals surface area contributed by atoms with E-state index in [4.69, 9.17) is 0 Å². The van der Waals surface area contributed by atoms with Gasteiger partial charge in [-0.05, 0) is 84.7 Å². The lowest BCUT2D eigenvalue weighted by atomic mass is 9.77. The van der Waals surface area contributed by atoms with Gasteiger partial charge in [0, 0.05) is 42.7 Å². The number of hydrogen-bond donors (Lipinski definition) is 2. The summed E-state index contributed by atoms with van der Waals surface area (Å²) in [7, 11) is 4.39. The molecule has 0 spiro atoms. The highest BCUT2D eigenvalue weighted by molar-refractivity contribution is 5.82. The molecule has 4 aliphatic rings. The molecule has 5 nitrogen and oxygen atoms in total. The molecule has 1 amide bonds. The van der Waals surface area contributed by atoms with Crippen molar-refractivity contribution in [2.24, 2.45) is 11.8 Å². The van der Waals surface area contributed by atoms with Gasteiger partial charge in [0.25, 0.3) is 0 Å². The van der Waals surface area contributed by atoms with Crippen molar-refractivity contribution in [3.05, 3.63) is 0 Å². The predicted octanol–water partition coefficient (Wildman–Crippen LogP) is 2.94. The maximum Gasteiger partial charge on any atom is 0.237 e. The lowest BCUT2D eigenvalue weighted by Gasteiger charge is -2.46. The van der Waals surface area contributed by atoms with Crippen LogP contribution in [0.5, 0.6) is 0 Å². The molecule has 0 radical (unpaired) electrons. The first-order valence-electron chi connectivity index (χ1n) is 12.5. The molecule has 30 heavy (non-hydrogen) atoms. The fourth-order valence-electron chi connectivity index (χ4n) is 6.88. The van der Waals surface area contributed by atoms with Crippen LogP contribution < -0.4 is 10.6 Å². The maximum atomic E-state index is 14.4. The highest BCUT2D eigenvalue weighted by Gasteiger charge is 2.46. The SMILES string of the molecule is CC1CCC(F)C2CC(C(=O)NC3CCCC(N4CC[C@@H](N(C)C)C[C@@H]4C)C3)NC12. The van der Waals surface area contributed by atoms with Crippen molar-refractivity contribution in [1.82, 2.24) is 20.4 Å². The molecule has 0 aromatic rings. The number of nitrogens with zero attached hydrogens (tertiary/aromatic N) is 2. The average Bonchev–Trinajstić information content (AvgIpc) is 3.18. The minimum atomic E-state index is -0.748. The fraction of sp³-hybridized carbons (Fsp3) is 0.958. The number of alkyl halides is 1. The Morgan fingerprint density at radius 1 is 1.07 bits per heavy atom. The van der Waals surface area contributed by atoms with Gasteiger partial charge < -0.3 is 15.5 Å². The summed E-state index contributed by atoms with van der Waals surface area (Å²) in [4.78, 5) is 18.1. The van der Waals surface area contributed by atoms with E-state index in [1.54, 1.807) is 0 Å². The largest absolute Gasteiger partial charge is 0.352 e. The number of piperidine rings is 1. The number of carbonyl (C=O) groups excluding carboxylic acids is 1. The molecular formula is C24H43FN4O. The Morgan fingerprint density at radius 3 is 2.57 bits per heavy atom. The summed E-state index contributed by atoms with van der Waals surface area (Å²) in [5.74, 6) is 0.585. The molecule has 0 bridgehead atoms. The highest BCUT2D eigenvalue weighted by Crippen LogP contribution is 2.39. The Hall–Kier alpha value is -0.720. The molecular weight excluding hydrogens is 379 g/mol. The Labute approximate surface area is 182 Å². The van der Waals surface area contributed by atoms with Crippen molar-refractivity contribution < 1.29 is 9.18 Å². The minimum absolute atomic E-state index is 0.0162. The summed E-state index contributed by atoms with van der Waals surface area (Å²) >= 11 is 0. The Balaban J connectivity index is 1.30. The normalized spacial score (nSPS) is 45.3. The van der Waals surface area contributed by atoms with Gasteiger partial charge in [0.05, 0.1) is 6.04 Å². The number of fused-ring (bicyclic) bond motifs is 1. The molecule has 0 aromatic carbocycles. The summed E-state index contributed by atoms with van der Waals surface area (Å²) in [6.45, 7) is 5.73. The van der Waals surface area contributed by atoms with Crippen LogP contribution >= 0.6 is 0 Å². The topological polar surface area (TPSA) is 47.6 Å². The first-order chi connectivity index (χ1) is 14.3. The second kappa shape index (κ2) is 9.41. The quantitative estimate of drug-likeness (QED) is 0.731. The van der Waals surface area contributed by atoms with Gasteiger partial charge in [-0.3, -0.25) is 9.69 Å². The van der Waals surface area contributed by atoms with Crippen molar-refractivity contribution in [3.63, 3.8) is 0 Å². The number of amides is 1. The zero-order valence-electron chi connectivity index (χ0n) is 19.4. The molecule has 0 aromatic heterocycles. The van der Waals surface area contributed by atoms with Gasteiger partial charge in [0.15, 0.2) is 0 Å². The van der Waals surface area contributed by atoms with Gasteiger partial charge in [-0.1, -0.05) is 6.92 Å². The van der Waals surface area contributed by atoms with E-state index in [1.165, 1.54) is 32.2 Å². The van der Waals surface area contributed by atoms with E-state index in [0.29, 0.717) is 36.9 Å². The first kappa shape index (κ1) is 22.5. The highest BCUT2D eigenvalue weighted by atomic mass is 19.1. The molecule has 2 saturated carbocycles. The summed E-state index contributed by atoms with van der Waals surface area (Å²) in [5.41, 5.74) is 0. The van der Waals surface area contributed by atoms with Gasteiger partial charge in [-0.2, -0.15) is 0 Å². The molecule has 2 saturated heterocycles. The van der Waals surface area contributed by atoms with Crippen molar-refractivity contribution in [3.8, 4) is 0 Å². The van der Waals surface area contributed by atoms with E-state index in [2.05, 4.69) is 48.4 Å². The molecule has 9 atom stereocenters. The third-order valence-corrected chi connectivity index (χ3v) is 8.75. The molecule has 4 rings (SSSR count). The van der Waals surface area contributed by atoms with Gasteiger partial charge in [0.2, 0.25) is 5.91 Å². The summed E-state index contributed by atoms with van der Waals surface area (Å²) in [5, 5.41) is 6.84. The van der Waals surface area contributed by atoms with Crippen molar-refractivity contribution in [2.75, 3.05) is 20.6 Å². The predicted molar refractivity (Wildman–Crippen MR) is 119 cm³/mol. The molecule has 6 heteroatoms. The molecule has 7 unspecified atom stereocenters. The molecule has 4 fully saturated rings. The number of rotatable bonds is 4. The van der Waals surface area contributed by atoms with Gasteiger partial charge in [-0.25, -0.2) is 4.39 Å². The Bertz CT molecular complexity index is 584. The monoisotopic (exact) mass is 422 g/mol. The summed E-state index contributed by atoms with van der Waals surface area (Å²) in [6, 6.07) is 2.09. The van der Waals surface area contributed by atoms with E-state index in [9.17, 15) is 9.18 Å². The van der Waals surface area contributed by atoms with Crippen molar-refractivity contribution >= 4 is 5.91 Å². The smallest absolute Gasteiger partial charge is 0.237 e. The number of likely N-dealkylation sites (tertiary alicyclic amines) is 1. The van der Waals surface area contributed by atoms with Gasteiger partial charge >= 0.3 is 0 Å². The van der Waals surface area contributed by atoms with Crippen LogP contribution in [0.4, 0.5) is 4.39 Å². The third kappa shape index (κ3) is 4.71. The van der Waals surface area contributed by atoms with Crippen LogP contribution in [0.25, 0.3) is 0 Å². The van der Waals surface area contributed by atoms with Crippen LogP contribution in [0.15, 0.2) is 0 Å². The molecule has 2 aliphatic carbocycles. The van der Waals surface area contributed by atoms with Crippen LogP contribution in [0.1, 0.15) is 71.6 Å². The van der Waals surface area contributed by atoms with Crippen LogP contribution in [0.3, 0.4) is 0 Å². The van der Waals surface area contributed by atoms with E-state index >= 15 is 0 Å². The lowest BCUT2D eigenvalue weighted by Crippen LogP contribution is -2.55. The molecule has 172 valence electrons. The number of nitrogens with one attached hydrogen (secondary N) is 2. The molecule has 2 aliphatic heterocycles. The minimum Gasteiger partial charge on any atom is -0.352 e. The van der Waals surface area contributed by atoms with E-state index in [1.807, 2.05) is 0 Å². The molecule has 2 N–H and O–H groups in total. The van der Waals surface area contributed by atoms with Gasteiger partial charge in [-0.15, -0.1) is 0 Å². The standard InChI is InChI=1S/C24H43FN4O/c1-15-8-9-21(25)20-14-22(27-23(15)20)24(30)26-17-6-5-7-19(13-17)29-11-10-18(28(3)4)12-16(29)2/h15-23,27H,5-14H2,1-4H3,(H,26,30)/t15?,16-,17?,18+,19?,20?,21?,22?,23?/m0/s1. The van der Waals surface area contributed by atoms with Crippen LogP contribution in [-0.4, -0.2) is 78.8 Å². The van der Waals surface area contributed by atoms with Gasteiger partial charge in [0.1, 0.15) is 6.17 Å². The van der Waals surface area contributed by atoms with Crippen LogP contribution in [-0.2, 0) is 4.79 Å². The van der Waals surface area contributed by atoms with Crippen LogP contribution in [0, 0.1) is 11.8 Å².